The number of amides is 1. The van der Waals surface area contributed by atoms with Crippen LogP contribution in [0.4, 0.5) is 0 Å². The van der Waals surface area contributed by atoms with Gasteiger partial charge >= 0.3 is 5.97 Å². The Hall–Kier alpha value is -2.04. The predicted molar refractivity (Wildman–Crippen MR) is 78.3 cm³/mol. The van der Waals surface area contributed by atoms with E-state index in [-0.39, 0.29) is 11.9 Å². The van der Waals surface area contributed by atoms with Crippen LogP contribution in [0.25, 0.3) is 0 Å². The maximum Gasteiger partial charge on any atom is 0.328 e. The van der Waals surface area contributed by atoms with Gasteiger partial charge < -0.3 is 14.4 Å². The Balaban J connectivity index is 2.11. The molecule has 5 heteroatoms. The van der Waals surface area contributed by atoms with Crippen molar-refractivity contribution < 1.29 is 19.1 Å². The van der Waals surface area contributed by atoms with Crippen LogP contribution in [0.3, 0.4) is 0 Å². The summed E-state index contributed by atoms with van der Waals surface area (Å²) >= 11 is 0. The Morgan fingerprint density at radius 1 is 1.38 bits per heavy atom. The Morgan fingerprint density at radius 2 is 2.19 bits per heavy atom. The number of ether oxygens (including phenoxy) is 2. The van der Waals surface area contributed by atoms with Gasteiger partial charge in [0.25, 0.3) is 5.91 Å². The van der Waals surface area contributed by atoms with Crippen LogP contribution >= 0.6 is 0 Å². The zero-order valence-corrected chi connectivity index (χ0v) is 12.5. The van der Waals surface area contributed by atoms with Crippen LogP contribution in [-0.4, -0.2) is 43.1 Å². The first-order valence-corrected chi connectivity index (χ1v) is 7.29. The molecule has 1 saturated heterocycles. The highest BCUT2D eigenvalue weighted by Crippen LogP contribution is 2.23. The van der Waals surface area contributed by atoms with Gasteiger partial charge in [0.1, 0.15) is 11.8 Å². The quantitative estimate of drug-likeness (QED) is 0.781. The molecule has 1 aliphatic heterocycles. The van der Waals surface area contributed by atoms with Crippen molar-refractivity contribution in [2.24, 2.45) is 0 Å². The van der Waals surface area contributed by atoms with Gasteiger partial charge in [0.15, 0.2) is 0 Å². The number of likely N-dealkylation sites (tertiary alicyclic amines) is 1. The molecule has 1 atom stereocenters. The van der Waals surface area contributed by atoms with E-state index in [9.17, 15) is 9.59 Å². The summed E-state index contributed by atoms with van der Waals surface area (Å²) in [6.07, 6.45) is 2.27. The number of rotatable bonds is 5. The molecule has 0 bridgehead atoms. The van der Waals surface area contributed by atoms with Crippen molar-refractivity contribution in [2.75, 3.05) is 20.3 Å². The molecule has 1 aromatic rings. The van der Waals surface area contributed by atoms with Gasteiger partial charge in [0.05, 0.1) is 13.7 Å². The number of nitrogens with zero attached hydrogens (tertiary/aromatic N) is 1. The number of benzene rings is 1. The van der Waals surface area contributed by atoms with Crippen molar-refractivity contribution in [2.45, 2.75) is 32.2 Å². The second-order valence-corrected chi connectivity index (χ2v) is 5.06. The SMILES string of the molecule is CCCOC(=O)C1CCCN1C(=O)c1cccc(OC)c1. The smallest absolute Gasteiger partial charge is 0.328 e. The maximum atomic E-state index is 12.6. The average molecular weight is 291 g/mol. The number of hydrogen-bond acceptors (Lipinski definition) is 4. The van der Waals surface area contributed by atoms with Gasteiger partial charge in [-0.1, -0.05) is 13.0 Å². The number of carbonyl (C=O) groups is 2. The summed E-state index contributed by atoms with van der Waals surface area (Å²) < 4.78 is 10.3. The largest absolute Gasteiger partial charge is 0.497 e. The minimum Gasteiger partial charge on any atom is -0.497 e. The van der Waals surface area contributed by atoms with Crippen molar-refractivity contribution in [3.63, 3.8) is 0 Å². The highest BCUT2D eigenvalue weighted by atomic mass is 16.5. The van der Waals surface area contributed by atoms with E-state index in [1.165, 1.54) is 0 Å². The maximum absolute atomic E-state index is 12.6. The Morgan fingerprint density at radius 3 is 2.90 bits per heavy atom. The van der Waals surface area contributed by atoms with Crippen LogP contribution < -0.4 is 4.74 Å². The highest BCUT2D eigenvalue weighted by molar-refractivity contribution is 5.97. The van der Waals surface area contributed by atoms with Crippen LogP contribution in [0.15, 0.2) is 24.3 Å². The lowest BCUT2D eigenvalue weighted by Crippen LogP contribution is -2.41. The van der Waals surface area contributed by atoms with Crippen molar-refractivity contribution in [3.8, 4) is 5.75 Å². The molecule has 0 spiro atoms. The number of esters is 1. The zero-order chi connectivity index (χ0) is 15.2. The highest BCUT2D eigenvalue weighted by Gasteiger charge is 2.35. The third-order valence-corrected chi connectivity index (χ3v) is 3.55. The molecule has 1 aliphatic rings. The molecule has 0 radical (unpaired) electrons. The fourth-order valence-electron chi connectivity index (χ4n) is 2.48. The first-order valence-electron chi connectivity index (χ1n) is 7.29. The van der Waals surface area contributed by atoms with E-state index in [4.69, 9.17) is 9.47 Å². The molecule has 1 amide bonds. The van der Waals surface area contributed by atoms with Gasteiger partial charge in [-0.2, -0.15) is 0 Å². The third kappa shape index (κ3) is 3.54. The zero-order valence-electron chi connectivity index (χ0n) is 12.5. The molecular formula is C16H21NO4. The molecule has 1 fully saturated rings. The van der Waals surface area contributed by atoms with E-state index in [1.54, 1.807) is 36.3 Å². The second kappa shape index (κ2) is 7.11. The average Bonchev–Trinajstić information content (AvgIpc) is 3.01. The fourth-order valence-corrected chi connectivity index (χ4v) is 2.48. The summed E-state index contributed by atoms with van der Waals surface area (Å²) in [4.78, 5) is 26.2. The Labute approximate surface area is 124 Å². The summed E-state index contributed by atoms with van der Waals surface area (Å²) in [5, 5.41) is 0. The molecule has 1 aromatic carbocycles. The first-order chi connectivity index (χ1) is 10.2. The first kappa shape index (κ1) is 15.4. The predicted octanol–water partition coefficient (Wildman–Crippen LogP) is 2.25. The van der Waals surface area contributed by atoms with Crippen LogP contribution in [-0.2, 0) is 9.53 Å². The molecule has 5 nitrogen and oxygen atoms in total. The lowest BCUT2D eigenvalue weighted by atomic mass is 10.1. The van der Waals surface area contributed by atoms with E-state index < -0.39 is 6.04 Å². The topological polar surface area (TPSA) is 55.8 Å². The van der Waals surface area contributed by atoms with Crippen LogP contribution in [0, 0.1) is 0 Å². The minimum absolute atomic E-state index is 0.148. The van der Waals surface area contributed by atoms with E-state index >= 15 is 0 Å². The van der Waals surface area contributed by atoms with Crippen LogP contribution in [0.1, 0.15) is 36.5 Å². The third-order valence-electron chi connectivity index (χ3n) is 3.55. The molecule has 0 aromatic heterocycles. The van der Waals surface area contributed by atoms with Gasteiger partial charge in [-0.25, -0.2) is 4.79 Å². The van der Waals surface area contributed by atoms with Crippen molar-refractivity contribution in [3.05, 3.63) is 29.8 Å². The fraction of sp³-hybridized carbons (Fsp3) is 0.500. The normalized spacial score (nSPS) is 17.6. The van der Waals surface area contributed by atoms with E-state index in [2.05, 4.69) is 0 Å². The van der Waals surface area contributed by atoms with Gasteiger partial charge in [0.2, 0.25) is 0 Å². The molecule has 21 heavy (non-hydrogen) atoms. The van der Waals surface area contributed by atoms with E-state index in [0.29, 0.717) is 30.9 Å². The molecule has 114 valence electrons. The summed E-state index contributed by atoms with van der Waals surface area (Å²) in [5.74, 6) is 0.181. The number of hydrogen-bond donors (Lipinski definition) is 0. The minimum atomic E-state index is -0.463. The molecule has 1 heterocycles. The van der Waals surface area contributed by atoms with Gasteiger partial charge in [0, 0.05) is 12.1 Å². The summed E-state index contributed by atoms with van der Waals surface area (Å²) in [5.41, 5.74) is 0.532. The van der Waals surface area contributed by atoms with Crippen LogP contribution in [0.2, 0.25) is 0 Å². The van der Waals surface area contributed by atoms with E-state index in [0.717, 1.165) is 12.8 Å². The standard InChI is InChI=1S/C16H21NO4/c1-3-10-21-16(19)14-8-5-9-17(14)15(18)12-6-4-7-13(11-12)20-2/h4,6-7,11,14H,3,5,8-10H2,1-2H3. The number of methoxy groups -OCH3 is 1. The van der Waals surface area contributed by atoms with Gasteiger partial charge in [-0.3, -0.25) is 4.79 Å². The van der Waals surface area contributed by atoms with Gasteiger partial charge in [-0.05, 0) is 37.5 Å². The summed E-state index contributed by atoms with van der Waals surface area (Å²) in [7, 11) is 1.56. The van der Waals surface area contributed by atoms with Crippen LogP contribution in [0.5, 0.6) is 5.75 Å². The molecule has 1 unspecified atom stereocenters. The lowest BCUT2D eigenvalue weighted by Gasteiger charge is -2.23. The van der Waals surface area contributed by atoms with Crippen molar-refractivity contribution in [1.82, 2.24) is 4.90 Å². The Kier molecular flexibility index (Phi) is 5.20. The molecule has 2 rings (SSSR count). The monoisotopic (exact) mass is 291 g/mol. The molecule has 0 saturated carbocycles. The lowest BCUT2D eigenvalue weighted by molar-refractivity contribution is -0.148. The summed E-state index contributed by atoms with van der Waals surface area (Å²) in [6, 6.07) is 6.52. The van der Waals surface area contributed by atoms with Gasteiger partial charge in [-0.15, -0.1) is 0 Å². The molecule has 0 N–H and O–H groups in total. The van der Waals surface area contributed by atoms with Crippen molar-refractivity contribution in [1.29, 1.82) is 0 Å². The molecular weight excluding hydrogens is 270 g/mol. The van der Waals surface area contributed by atoms with Crippen molar-refractivity contribution >= 4 is 11.9 Å². The number of carbonyl (C=O) groups excluding carboxylic acids is 2. The van der Waals surface area contributed by atoms with E-state index in [1.807, 2.05) is 6.92 Å². The Bertz CT molecular complexity index is 515. The summed E-state index contributed by atoms with van der Waals surface area (Å²) in [6.45, 7) is 2.93. The second-order valence-electron chi connectivity index (χ2n) is 5.06. The molecule has 0 aliphatic carbocycles.